The molecule has 1 aromatic heterocycles. The highest BCUT2D eigenvalue weighted by atomic mass is 16.7. The second-order valence-corrected chi connectivity index (χ2v) is 9.99. The first-order valence-corrected chi connectivity index (χ1v) is 11.8. The largest absolute Gasteiger partial charge is 0.494 e. The number of nitrogens with zero attached hydrogens (tertiary/aromatic N) is 2. The van der Waals surface area contributed by atoms with Crippen molar-refractivity contribution in [3.05, 3.63) is 91.0 Å². The van der Waals surface area contributed by atoms with Gasteiger partial charge in [0.1, 0.15) is 5.69 Å². The molecular weight excluding hydrogens is 419 g/mol. The minimum atomic E-state index is -0.413. The van der Waals surface area contributed by atoms with Gasteiger partial charge >= 0.3 is 7.12 Å². The lowest BCUT2D eigenvalue weighted by Crippen LogP contribution is -2.41. The van der Waals surface area contributed by atoms with Gasteiger partial charge in [0.25, 0.3) is 0 Å². The lowest BCUT2D eigenvalue weighted by molar-refractivity contribution is 0.00578. The van der Waals surface area contributed by atoms with Crippen LogP contribution in [0.5, 0.6) is 0 Å². The molecule has 6 rings (SSSR count). The van der Waals surface area contributed by atoms with Crippen LogP contribution in [0.3, 0.4) is 0 Å². The number of fused-ring (bicyclic) bond motifs is 3. The fourth-order valence-corrected chi connectivity index (χ4v) is 4.67. The first-order chi connectivity index (χ1) is 16.3. The van der Waals surface area contributed by atoms with E-state index < -0.39 is 7.12 Å². The van der Waals surface area contributed by atoms with Crippen LogP contribution >= 0.6 is 0 Å². The van der Waals surface area contributed by atoms with Gasteiger partial charge < -0.3 is 9.31 Å². The Morgan fingerprint density at radius 2 is 1.44 bits per heavy atom. The molecule has 0 bridgehead atoms. The third kappa shape index (κ3) is 3.27. The van der Waals surface area contributed by atoms with Gasteiger partial charge in [-0.15, -0.1) is 0 Å². The van der Waals surface area contributed by atoms with Crippen molar-refractivity contribution in [2.24, 2.45) is 0 Å². The maximum absolute atomic E-state index is 6.33. The monoisotopic (exact) mass is 446 g/mol. The lowest BCUT2D eigenvalue weighted by atomic mass is 9.78. The topological polar surface area (TPSA) is 36.3 Å². The van der Waals surface area contributed by atoms with E-state index in [1.807, 2.05) is 22.9 Å². The molecule has 34 heavy (non-hydrogen) atoms. The van der Waals surface area contributed by atoms with Crippen LogP contribution in [0.2, 0.25) is 0 Å². The molecule has 4 nitrogen and oxygen atoms in total. The maximum atomic E-state index is 6.33. The molecule has 1 aliphatic heterocycles. The highest BCUT2D eigenvalue weighted by Gasteiger charge is 2.51. The smallest absolute Gasteiger partial charge is 0.399 e. The van der Waals surface area contributed by atoms with Crippen molar-refractivity contribution in [3.8, 4) is 16.9 Å². The summed E-state index contributed by atoms with van der Waals surface area (Å²) >= 11 is 0. The van der Waals surface area contributed by atoms with E-state index in [0.717, 1.165) is 33.3 Å². The molecule has 0 atom stereocenters. The van der Waals surface area contributed by atoms with Gasteiger partial charge in [0.05, 0.1) is 22.4 Å². The van der Waals surface area contributed by atoms with E-state index in [1.165, 1.54) is 10.8 Å². The van der Waals surface area contributed by atoms with Crippen LogP contribution in [0.1, 0.15) is 27.7 Å². The van der Waals surface area contributed by atoms with Gasteiger partial charge in [-0.2, -0.15) is 5.10 Å². The maximum Gasteiger partial charge on any atom is 0.494 e. The Morgan fingerprint density at radius 3 is 2.21 bits per heavy atom. The third-order valence-electron chi connectivity index (χ3n) is 7.26. The van der Waals surface area contributed by atoms with Crippen molar-refractivity contribution in [1.29, 1.82) is 0 Å². The van der Waals surface area contributed by atoms with Crippen molar-refractivity contribution in [2.45, 2.75) is 38.9 Å². The predicted octanol–water partition coefficient (Wildman–Crippen LogP) is 6.14. The minimum absolute atomic E-state index is 0.383. The second kappa shape index (κ2) is 7.56. The average Bonchev–Trinajstić information content (AvgIpc) is 3.34. The molecule has 5 aromatic rings. The van der Waals surface area contributed by atoms with E-state index in [-0.39, 0.29) is 11.2 Å². The number of rotatable bonds is 3. The van der Waals surface area contributed by atoms with E-state index >= 15 is 0 Å². The molecule has 0 unspecified atom stereocenters. The van der Waals surface area contributed by atoms with E-state index in [9.17, 15) is 0 Å². The summed E-state index contributed by atoms with van der Waals surface area (Å²) in [5.41, 5.74) is 4.35. The first kappa shape index (κ1) is 21.1. The summed E-state index contributed by atoms with van der Waals surface area (Å²) in [4.78, 5) is 0. The minimum Gasteiger partial charge on any atom is -0.399 e. The Hall–Kier alpha value is -3.41. The molecule has 4 aromatic carbocycles. The number of benzene rings is 4. The van der Waals surface area contributed by atoms with Gasteiger partial charge in [0.2, 0.25) is 0 Å². The zero-order chi connectivity index (χ0) is 23.5. The Kier molecular flexibility index (Phi) is 4.70. The normalized spacial score (nSPS) is 17.0. The van der Waals surface area contributed by atoms with E-state index in [4.69, 9.17) is 14.4 Å². The fraction of sp³-hybridized carbons (Fsp3) is 0.207. The van der Waals surface area contributed by atoms with E-state index in [2.05, 4.69) is 100 Å². The number of para-hydroxylation sites is 1. The Labute approximate surface area is 200 Å². The highest BCUT2D eigenvalue weighted by Crippen LogP contribution is 2.38. The van der Waals surface area contributed by atoms with Crippen LogP contribution in [0.15, 0.2) is 91.0 Å². The standard InChI is InChI=1S/C29H27BN2O2/c1-28(2)29(3,4)34-30(33-28)22-13-10-12-21(19-22)27-26-24-16-9-8-11-20(24)17-18-25(26)32(31-27)23-14-6-5-7-15-23/h5-19H,1-4H3. The molecule has 0 radical (unpaired) electrons. The van der Waals surface area contributed by atoms with Gasteiger partial charge in [0, 0.05) is 10.9 Å². The van der Waals surface area contributed by atoms with Crippen molar-refractivity contribution in [2.75, 3.05) is 0 Å². The molecule has 168 valence electrons. The quantitative estimate of drug-likeness (QED) is 0.312. The fourth-order valence-electron chi connectivity index (χ4n) is 4.67. The molecule has 0 spiro atoms. The average molecular weight is 446 g/mol. The third-order valence-corrected chi connectivity index (χ3v) is 7.26. The highest BCUT2D eigenvalue weighted by molar-refractivity contribution is 6.62. The molecule has 0 saturated carbocycles. The number of aromatic nitrogens is 2. The SMILES string of the molecule is CC1(C)OB(c2cccc(-c3nn(-c4ccccc4)c4ccc5ccccc5c34)c2)OC1(C)C. The van der Waals surface area contributed by atoms with Crippen LogP contribution in [-0.4, -0.2) is 28.1 Å². The van der Waals surface area contributed by atoms with Gasteiger partial charge in [-0.25, -0.2) is 4.68 Å². The zero-order valence-corrected chi connectivity index (χ0v) is 19.9. The molecule has 1 fully saturated rings. The van der Waals surface area contributed by atoms with Crippen LogP contribution in [0, 0.1) is 0 Å². The van der Waals surface area contributed by atoms with Gasteiger partial charge in [0.15, 0.2) is 0 Å². The molecule has 0 aliphatic carbocycles. The molecule has 0 amide bonds. The lowest BCUT2D eigenvalue weighted by Gasteiger charge is -2.32. The Morgan fingerprint density at radius 1 is 0.735 bits per heavy atom. The molecule has 5 heteroatoms. The summed E-state index contributed by atoms with van der Waals surface area (Å²) in [5, 5.41) is 8.68. The predicted molar refractivity (Wildman–Crippen MR) is 140 cm³/mol. The number of hydrogen-bond acceptors (Lipinski definition) is 3. The molecule has 1 aliphatic rings. The zero-order valence-electron chi connectivity index (χ0n) is 19.9. The van der Waals surface area contributed by atoms with Gasteiger partial charge in [-0.1, -0.05) is 72.8 Å². The summed E-state index contributed by atoms with van der Waals surface area (Å²) < 4.78 is 14.7. The van der Waals surface area contributed by atoms with Crippen molar-refractivity contribution in [1.82, 2.24) is 9.78 Å². The van der Waals surface area contributed by atoms with Crippen LogP contribution in [-0.2, 0) is 9.31 Å². The molecule has 2 heterocycles. The van der Waals surface area contributed by atoms with Gasteiger partial charge in [-0.05, 0) is 62.1 Å². The Balaban J connectivity index is 1.56. The van der Waals surface area contributed by atoms with E-state index in [0.29, 0.717) is 0 Å². The van der Waals surface area contributed by atoms with Crippen molar-refractivity contribution < 1.29 is 9.31 Å². The summed E-state index contributed by atoms with van der Waals surface area (Å²) in [6.07, 6.45) is 0. The van der Waals surface area contributed by atoms with Crippen LogP contribution < -0.4 is 5.46 Å². The second-order valence-electron chi connectivity index (χ2n) is 9.99. The van der Waals surface area contributed by atoms with E-state index in [1.54, 1.807) is 0 Å². The van der Waals surface area contributed by atoms with Gasteiger partial charge in [-0.3, -0.25) is 0 Å². The number of hydrogen-bond donors (Lipinski definition) is 0. The van der Waals surface area contributed by atoms with Crippen molar-refractivity contribution >= 4 is 34.3 Å². The first-order valence-electron chi connectivity index (χ1n) is 11.8. The Bertz CT molecular complexity index is 1510. The van der Waals surface area contributed by atoms with Crippen molar-refractivity contribution in [3.63, 3.8) is 0 Å². The molecular formula is C29H27BN2O2. The molecule has 0 N–H and O–H groups in total. The summed E-state index contributed by atoms with van der Waals surface area (Å²) in [7, 11) is -0.413. The molecule has 1 saturated heterocycles. The summed E-state index contributed by atoms with van der Waals surface area (Å²) in [5.74, 6) is 0. The summed E-state index contributed by atoms with van der Waals surface area (Å²) in [6.45, 7) is 8.33. The summed E-state index contributed by atoms with van der Waals surface area (Å²) in [6, 6.07) is 31.5. The van der Waals surface area contributed by atoms with Crippen LogP contribution in [0.4, 0.5) is 0 Å². The van der Waals surface area contributed by atoms with Crippen LogP contribution in [0.25, 0.3) is 38.6 Å².